The maximum atomic E-state index is 13.2. The standard InChI is InChI=1S/C14H18FNO2/c1-14(2,10-4-3-5-11(15)8-10)13(18)16-7-6-12(17)9-16/h3-5,8,12,17H,6-7,9H2,1-2H3/t12-/m0/s1. The highest BCUT2D eigenvalue weighted by atomic mass is 19.1. The Labute approximate surface area is 106 Å². The van der Waals surface area contributed by atoms with Crippen LogP contribution in [0.15, 0.2) is 24.3 Å². The van der Waals surface area contributed by atoms with E-state index in [0.717, 1.165) is 0 Å². The second kappa shape index (κ2) is 4.69. The summed E-state index contributed by atoms with van der Waals surface area (Å²) in [6.07, 6.45) is 0.183. The summed E-state index contributed by atoms with van der Waals surface area (Å²) in [5.74, 6) is -0.403. The number of likely N-dealkylation sites (tertiary alicyclic amines) is 1. The molecule has 2 rings (SSSR count). The monoisotopic (exact) mass is 251 g/mol. The Morgan fingerprint density at radius 1 is 1.50 bits per heavy atom. The van der Waals surface area contributed by atoms with Crippen molar-refractivity contribution in [3.8, 4) is 0 Å². The van der Waals surface area contributed by atoms with E-state index in [1.807, 2.05) is 0 Å². The minimum Gasteiger partial charge on any atom is -0.391 e. The predicted octanol–water partition coefficient (Wildman–Crippen LogP) is 1.70. The molecule has 1 aliphatic heterocycles. The van der Waals surface area contributed by atoms with E-state index in [9.17, 15) is 14.3 Å². The fraction of sp³-hybridized carbons (Fsp3) is 0.500. The summed E-state index contributed by atoms with van der Waals surface area (Å²) >= 11 is 0. The van der Waals surface area contributed by atoms with Crippen LogP contribution in [0.2, 0.25) is 0 Å². The summed E-state index contributed by atoms with van der Waals surface area (Å²) in [4.78, 5) is 14.1. The highest BCUT2D eigenvalue weighted by Crippen LogP contribution is 2.27. The molecule has 1 fully saturated rings. The third-order valence-electron chi connectivity index (χ3n) is 3.53. The highest BCUT2D eigenvalue weighted by Gasteiger charge is 2.36. The van der Waals surface area contributed by atoms with Crippen LogP contribution in [0.5, 0.6) is 0 Å². The molecule has 1 aromatic carbocycles. The summed E-state index contributed by atoms with van der Waals surface area (Å²) in [6.45, 7) is 4.51. The van der Waals surface area contributed by atoms with Crippen LogP contribution in [0.3, 0.4) is 0 Å². The molecule has 1 aromatic rings. The normalized spacial score (nSPS) is 20.2. The number of carbonyl (C=O) groups excluding carboxylic acids is 1. The van der Waals surface area contributed by atoms with Crippen molar-refractivity contribution in [1.82, 2.24) is 4.90 Å². The first-order valence-corrected chi connectivity index (χ1v) is 6.15. The van der Waals surface area contributed by atoms with Crippen LogP contribution in [0.25, 0.3) is 0 Å². The van der Waals surface area contributed by atoms with Gasteiger partial charge >= 0.3 is 0 Å². The van der Waals surface area contributed by atoms with Crippen molar-refractivity contribution in [3.05, 3.63) is 35.6 Å². The molecule has 0 unspecified atom stereocenters. The molecule has 1 saturated heterocycles. The van der Waals surface area contributed by atoms with Gasteiger partial charge in [-0.15, -0.1) is 0 Å². The van der Waals surface area contributed by atoms with Gasteiger partial charge in [0.15, 0.2) is 0 Å². The molecule has 0 aromatic heterocycles. The van der Waals surface area contributed by atoms with Crippen molar-refractivity contribution in [2.75, 3.05) is 13.1 Å². The molecule has 0 radical (unpaired) electrons. The zero-order chi connectivity index (χ0) is 13.3. The van der Waals surface area contributed by atoms with Gasteiger partial charge < -0.3 is 10.0 Å². The van der Waals surface area contributed by atoms with Crippen LogP contribution in [-0.2, 0) is 10.2 Å². The lowest BCUT2D eigenvalue weighted by atomic mass is 9.83. The molecule has 1 amide bonds. The Kier molecular flexibility index (Phi) is 3.39. The number of benzene rings is 1. The fourth-order valence-electron chi connectivity index (χ4n) is 2.32. The van der Waals surface area contributed by atoms with E-state index in [1.165, 1.54) is 12.1 Å². The number of hydrogen-bond acceptors (Lipinski definition) is 2. The Hall–Kier alpha value is -1.42. The number of aliphatic hydroxyl groups excluding tert-OH is 1. The third-order valence-corrected chi connectivity index (χ3v) is 3.53. The van der Waals surface area contributed by atoms with Crippen LogP contribution >= 0.6 is 0 Å². The summed E-state index contributed by atoms with van der Waals surface area (Å²) in [6, 6.07) is 6.13. The van der Waals surface area contributed by atoms with Gasteiger partial charge in [-0.2, -0.15) is 0 Å². The van der Waals surface area contributed by atoms with Gasteiger partial charge in [-0.25, -0.2) is 4.39 Å². The van der Waals surface area contributed by atoms with Gasteiger partial charge in [0.2, 0.25) is 5.91 Å². The first kappa shape index (κ1) is 13.0. The minimum absolute atomic E-state index is 0.0651. The number of hydrogen-bond donors (Lipinski definition) is 1. The van der Waals surface area contributed by atoms with E-state index in [4.69, 9.17) is 0 Å². The molecule has 1 aliphatic rings. The zero-order valence-electron chi connectivity index (χ0n) is 10.7. The van der Waals surface area contributed by atoms with Crippen molar-refractivity contribution in [2.45, 2.75) is 31.8 Å². The van der Waals surface area contributed by atoms with E-state index in [2.05, 4.69) is 0 Å². The second-order valence-corrected chi connectivity index (χ2v) is 5.33. The van der Waals surface area contributed by atoms with Crippen LogP contribution in [0, 0.1) is 5.82 Å². The molecule has 3 nitrogen and oxygen atoms in total. The summed E-state index contributed by atoms with van der Waals surface area (Å²) in [7, 11) is 0. The molecule has 18 heavy (non-hydrogen) atoms. The Morgan fingerprint density at radius 3 is 2.78 bits per heavy atom. The Morgan fingerprint density at radius 2 is 2.22 bits per heavy atom. The lowest BCUT2D eigenvalue weighted by molar-refractivity contribution is -0.135. The van der Waals surface area contributed by atoms with Gasteiger partial charge in [-0.1, -0.05) is 12.1 Å². The lowest BCUT2D eigenvalue weighted by Crippen LogP contribution is -2.42. The Bertz CT molecular complexity index is 459. The SMILES string of the molecule is CC(C)(C(=O)N1CC[C@H](O)C1)c1cccc(F)c1. The molecule has 0 spiro atoms. The van der Waals surface area contributed by atoms with Gasteiger partial charge in [0, 0.05) is 13.1 Å². The highest BCUT2D eigenvalue weighted by molar-refractivity contribution is 5.87. The van der Waals surface area contributed by atoms with Gasteiger partial charge in [0.1, 0.15) is 5.82 Å². The maximum Gasteiger partial charge on any atom is 0.232 e. The molecule has 98 valence electrons. The van der Waals surface area contributed by atoms with E-state index in [1.54, 1.807) is 30.9 Å². The molecular weight excluding hydrogens is 233 g/mol. The summed E-state index contributed by atoms with van der Waals surface area (Å²) < 4.78 is 13.2. The van der Waals surface area contributed by atoms with Crippen LogP contribution in [0.1, 0.15) is 25.8 Å². The van der Waals surface area contributed by atoms with Gasteiger partial charge in [0.25, 0.3) is 0 Å². The average molecular weight is 251 g/mol. The van der Waals surface area contributed by atoms with Crippen LogP contribution < -0.4 is 0 Å². The minimum atomic E-state index is -0.772. The van der Waals surface area contributed by atoms with Crippen molar-refractivity contribution in [2.24, 2.45) is 0 Å². The summed E-state index contributed by atoms with van der Waals surface area (Å²) in [5, 5.41) is 9.47. The summed E-state index contributed by atoms with van der Waals surface area (Å²) in [5.41, 5.74) is -0.111. The number of halogens is 1. The number of β-amino-alcohol motifs (C(OH)–C–C–N with tert-alkyl or cyclic N) is 1. The first-order chi connectivity index (χ1) is 8.41. The number of nitrogens with zero attached hydrogens (tertiary/aromatic N) is 1. The fourth-order valence-corrected chi connectivity index (χ4v) is 2.32. The molecule has 0 bridgehead atoms. The lowest BCUT2D eigenvalue weighted by Gasteiger charge is -2.29. The van der Waals surface area contributed by atoms with E-state index in [0.29, 0.717) is 25.1 Å². The largest absolute Gasteiger partial charge is 0.391 e. The van der Waals surface area contributed by atoms with E-state index < -0.39 is 11.5 Å². The number of aliphatic hydroxyl groups is 1. The second-order valence-electron chi connectivity index (χ2n) is 5.33. The smallest absolute Gasteiger partial charge is 0.232 e. The molecular formula is C14H18FNO2. The molecule has 1 heterocycles. The van der Waals surface area contributed by atoms with Gasteiger partial charge in [-0.3, -0.25) is 4.79 Å². The number of amides is 1. The predicted molar refractivity (Wildman–Crippen MR) is 66.6 cm³/mol. The number of rotatable bonds is 2. The molecule has 1 atom stereocenters. The van der Waals surface area contributed by atoms with Crippen molar-refractivity contribution in [3.63, 3.8) is 0 Å². The zero-order valence-corrected chi connectivity index (χ0v) is 10.7. The first-order valence-electron chi connectivity index (χ1n) is 6.15. The molecule has 0 saturated carbocycles. The Balaban J connectivity index is 2.22. The van der Waals surface area contributed by atoms with Gasteiger partial charge in [-0.05, 0) is 38.0 Å². The average Bonchev–Trinajstić information content (AvgIpc) is 2.74. The van der Waals surface area contributed by atoms with Crippen molar-refractivity contribution in [1.29, 1.82) is 0 Å². The maximum absolute atomic E-state index is 13.2. The van der Waals surface area contributed by atoms with E-state index in [-0.39, 0.29) is 11.7 Å². The molecule has 1 N–H and O–H groups in total. The number of carbonyl (C=O) groups is 1. The van der Waals surface area contributed by atoms with E-state index >= 15 is 0 Å². The molecule has 4 heteroatoms. The topological polar surface area (TPSA) is 40.5 Å². The third kappa shape index (κ3) is 2.38. The van der Waals surface area contributed by atoms with Crippen molar-refractivity contribution >= 4 is 5.91 Å². The quantitative estimate of drug-likeness (QED) is 0.869. The van der Waals surface area contributed by atoms with Crippen molar-refractivity contribution < 1.29 is 14.3 Å². The van der Waals surface area contributed by atoms with Gasteiger partial charge in [0.05, 0.1) is 11.5 Å². The molecule has 0 aliphatic carbocycles. The van der Waals surface area contributed by atoms with Crippen LogP contribution in [-0.4, -0.2) is 35.1 Å². The van der Waals surface area contributed by atoms with Crippen LogP contribution in [0.4, 0.5) is 4.39 Å².